The van der Waals surface area contributed by atoms with Crippen molar-refractivity contribution < 1.29 is 4.74 Å². The average molecular weight is 309 g/mol. The Labute approximate surface area is 121 Å². The number of nitrogens with zero attached hydrogens (tertiary/aromatic N) is 6. The second-order valence-electron chi connectivity index (χ2n) is 4.00. The van der Waals surface area contributed by atoms with E-state index in [1.807, 2.05) is 12.1 Å². The summed E-state index contributed by atoms with van der Waals surface area (Å²) in [6, 6.07) is 3.79. The van der Waals surface area contributed by atoms with Crippen molar-refractivity contribution in [1.82, 2.24) is 29.6 Å². The molecular formula is C11H13N6OS2+. The molecule has 0 aliphatic heterocycles. The van der Waals surface area contributed by atoms with Crippen LogP contribution < -0.4 is 4.74 Å². The van der Waals surface area contributed by atoms with E-state index in [0.717, 1.165) is 18.4 Å². The van der Waals surface area contributed by atoms with Crippen molar-refractivity contribution >= 4 is 31.5 Å². The van der Waals surface area contributed by atoms with Crippen molar-refractivity contribution in [1.29, 1.82) is 0 Å². The number of methoxy groups -OCH3 is 1. The Hall–Kier alpha value is -1.74. The van der Waals surface area contributed by atoms with Gasteiger partial charge in [-0.3, -0.25) is 0 Å². The molecule has 7 nitrogen and oxygen atoms in total. The van der Waals surface area contributed by atoms with Crippen LogP contribution >= 0.6 is 20.5 Å². The second kappa shape index (κ2) is 5.71. The maximum Gasteiger partial charge on any atom is 0.289 e. The fourth-order valence-electron chi connectivity index (χ4n) is 1.62. The first-order valence-electron chi connectivity index (χ1n) is 6.09. The fraction of sp³-hybridized carbons (Fsp3) is 0.364. The van der Waals surface area contributed by atoms with Gasteiger partial charge in [-0.25, -0.2) is 0 Å². The Morgan fingerprint density at radius 2 is 2.30 bits per heavy atom. The fourth-order valence-corrected chi connectivity index (χ4v) is 4.26. The van der Waals surface area contributed by atoms with Gasteiger partial charge in [0.2, 0.25) is 22.3 Å². The molecule has 3 heterocycles. The van der Waals surface area contributed by atoms with Crippen LogP contribution in [0, 0.1) is 0 Å². The zero-order chi connectivity index (χ0) is 13.9. The molecule has 9 heteroatoms. The zero-order valence-electron chi connectivity index (χ0n) is 11.1. The van der Waals surface area contributed by atoms with Crippen molar-refractivity contribution in [3.05, 3.63) is 17.5 Å². The predicted octanol–water partition coefficient (Wildman–Crippen LogP) is 2.34. The van der Waals surface area contributed by atoms with Gasteiger partial charge in [0.25, 0.3) is 5.16 Å². The average Bonchev–Trinajstić information content (AvgIpc) is 3.05. The van der Waals surface area contributed by atoms with Crippen LogP contribution in [0.15, 0.2) is 22.7 Å². The smallest absolute Gasteiger partial charge is 0.289 e. The summed E-state index contributed by atoms with van der Waals surface area (Å²) in [5.41, 5.74) is 0.709. The SMILES string of the molecule is CCCn1nnc(S[s+]2cc3ccc(OC)nc3n2)n1. The van der Waals surface area contributed by atoms with Gasteiger partial charge in [-0.05, 0) is 22.1 Å². The van der Waals surface area contributed by atoms with Gasteiger partial charge in [0.05, 0.1) is 19.0 Å². The summed E-state index contributed by atoms with van der Waals surface area (Å²) >= 11 is 0. The first-order valence-corrected chi connectivity index (χ1v) is 8.67. The van der Waals surface area contributed by atoms with Gasteiger partial charge in [-0.2, -0.15) is 9.78 Å². The van der Waals surface area contributed by atoms with E-state index in [1.165, 1.54) is 10.8 Å². The van der Waals surface area contributed by atoms with E-state index in [-0.39, 0.29) is 9.70 Å². The molecule has 3 rings (SSSR count). The van der Waals surface area contributed by atoms with Crippen molar-refractivity contribution in [2.45, 2.75) is 25.0 Å². The van der Waals surface area contributed by atoms with E-state index in [1.54, 1.807) is 11.9 Å². The highest BCUT2D eigenvalue weighted by atomic mass is 33.1. The number of aromatic nitrogens is 6. The van der Waals surface area contributed by atoms with Gasteiger partial charge in [0.15, 0.2) is 15.1 Å². The van der Waals surface area contributed by atoms with Crippen LogP contribution in [-0.4, -0.2) is 36.7 Å². The van der Waals surface area contributed by atoms with Crippen LogP contribution in [0.1, 0.15) is 13.3 Å². The minimum absolute atomic E-state index is 0.355. The van der Waals surface area contributed by atoms with Gasteiger partial charge in [0, 0.05) is 6.07 Å². The lowest BCUT2D eigenvalue weighted by molar-refractivity contribution is 0.399. The molecule has 0 amide bonds. The van der Waals surface area contributed by atoms with E-state index in [9.17, 15) is 0 Å². The summed E-state index contributed by atoms with van der Waals surface area (Å²) in [5, 5.41) is 16.0. The molecule has 0 saturated heterocycles. The summed E-state index contributed by atoms with van der Waals surface area (Å²) in [5.74, 6) is 0.573. The molecule has 1 atom stereocenters. The monoisotopic (exact) mass is 309 g/mol. The Morgan fingerprint density at radius 1 is 1.40 bits per heavy atom. The lowest BCUT2D eigenvalue weighted by Gasteiger charge is -1.93. The minimum Gasteiger partial charge on any atom is -0.481 e. The molecule has 0 N–H and O–H groups in total. The first kappa shape index (κ1) is 13.3. The normalized spacial score (nSPS) is 12.0. The number of ether oxygens (including phenoxy) is 1. The summed E-state index contributed by atoms with van der Waals surface area (Å²) in [4.78, 5) is 5.92. The number of rotatable bonds is 5. The summed E-state index contributed by atoms with van der Waals surface area (Å²) < 4.78 is 9.63. The predicted molar refractivity (Wildman–Crippen MR) is 77.9 cm³/mol. The van der Waals surface area contributed by atoms with Crippen molar-refractivity contribution in [2.24, 2.45) is 0 Å². The molecular weight excluding hydrogens is 296 g/mol. The molecule has 0 bridgehead atoms. The molecule has 0 saturated carbocycles. The molecule has 0 fully saturated rings. The number of hydrogen-bond donors (Lipinski definition) is 0. The van der Waals surface area contributed by atoms with Crippen molar-refractivity contribution in [3.63, 3.8) is 0 Å². The minimum atomic E-state index is -0.355. The van der Waals surface area contributed by atoms with Crippen LogP contribution in [0.3, 0.4) is 0 Å². The zero-order valence-corrected chi connectivity index (χ0v) is 12.7. The molecule has 0 radical (unpaired) electrons. The van der Waals surface area contributed by atoms with Crippen LogP contribution in [0.4, 0.5) is 0 Å². The third-order valence-electron chi connectivity index (χ3n) is 2.51. The summed E-state index contributed by atoms with van der Waals surface area (Å²) in [6.07, 6.45) is 0.984. The highest BCUT2D eigenvalue weighted by Crippen LogP contribution is 2.37. The number of tetrazole rings is 1. The van der Waals surface area contributed by atoms with Gasteiger partial charge in [-0.1, -0.05) is 12.0 Å². The van der Waals surface area contributed by atoms with Crippen molar-refractivity contribution in [2.75, 3.05) is 7.11 Å². The molecule has 0 spiro atoms. The largest absolute Gasteiger partial charge is 0.481 e. The van der Waals surface area contributed by atoms with Crippen molar-refractivity contribution in [3.8, 4) is 5.88 Å². The molecule has 0 aromatic carbocycles. The molecule has 3 aromatic rings. The summed E-state index contributed by atoms with van der Waals surface area (Å²) in [7, 11) is 2.73. The topological polar surface area (TPSA) is 78.6 Å². The van der Waals surface area contributed by atoms with Crippen LogP contribution in [0.5, 0.6) is 5.88 Å². The highest BCUT2D eigenvalue weighted by molar-refractivity contribution is 8.44. The Balaban J connectivity index is 1.82. The van der Waals surface area contributed by atoms with Gasteiger partial charge < -0.3 is 4.74 Å². The van der Waals surface area contributed by atoms with Crippen LogP contribution in [-0.2, 0) is 6.54 Å². The van der Waals surface area contributed by atoms with Crippen LogP contribution in [0.2, 0.25) is 0 Å². The van der Waals surface area contributed by atoms with Crippen LogP contribution in [0.25, 0.3) is 11.0 Å². The quantitative estimate of drug-likeness (QED) is 0.528. The number of hydrogen-bond acceptors (Lipinski definition) is 7. The molecule has 104 valence electrons. The summed E-state index contributed by atoms with van der Waals surface area (Å²) in [6.45, 7) is 2.86. The van der Waals surface area contributed by atoms with E-state index in [0.29, 0.717) is 16.7 Å². The Bertz CT molecular complexity index is 725. The van der Waals surface area contributed by atoms with E-state index in [2.05, 4.69) is 37.1 Å². The molecule has 20 heavy (non-hydrogen) atoms. The van der Waals surface area contributed by atoms with E-state index in [4.69, 9.17) is 4.74 Å². The lowest BCUT2D eigenvalue weighted by Crippen LogP contribution is -2.00. The maximum atomic E-state index is 5.10. The first-order chi connectivity index (χ1) is 9.78. The maximum absolute atomic E-state index is 5.10. The number of aryl methyl sites for hydroxylation is 1. The Morgan fingerprint density at radius 3 is 3.10 bits per heavy atom. The van der Waals surface area contributed by atoms with E-state index < -0.39 is 0 Å². The second-order valence-corrected chi connectivity index (χ2v) is 7.03. The molecule has 0 aliphatic rings. The number of pyridine rings is 1. The third kappa shape index (κ3) is 2.73. The van der Waals surface area contributed by atoms with Gasteiger partial charge >= 0.3 is 0 Å². The highest BCUT2D eigenvalue weighted by Gasteiger charge is 2.19. The lowest BCUT2D eigenvalue weighted by atomic mass is 10.4. The molecule has 0 aliphatic carbocycles. The van der Waals surface area contributed by atoms with Gasteiger partial charge in [-0.15, -0.1) is 5.10 Å². The number of fused-ring (bicyclic) bond motifs is 1. The third-order valence-corrected chi connectivity index (χ3v) is 5.27. The standard InChI is InChI=1S/C11H13N6OS2/c1-3-6-17-14-11(13-16-17)19-20-7-8-4-5-9(18-2)12-10(8)15-20/h4-5,7H,3,6H2,1-2H3/q+1. The van der Waals surface area contributed by atoms with Gasteiger partial charge in [0.1, 0.15) is 0 Å². The molecule has 3 aromatic heterocycles. The van der Waals surface area contributed by atoms with E-state index >= 15 is 0 Å². The molecule has 1 unspecified atom stereocenters. The Kier molecular flexibility index (Phi) is 3.79.